The quantitative estimate of drug-likeness (QED) is 0.699. The molecular weight excluding hydrogens is 210 g/mol. The van der Waals surface area contributed by atoms with Crippen molar-refractivity contribution in [3.05, 3.63) is 0 Å². The third kappa shape index (κ3) is 1.94. The Morgan fingerprint density at radius 1 is 1.12 bits per heavy atom. The Morgan fingerprint density at radius 3 is 2.41 bits per heavy atom. The lowest BCUT2D eigenvalue weighted by atomic mass is 9.85. The van der Waals surface area contributed by atoms with E-state index in [0.717, 1.165) is 13.1 Å². The van der Waals surface area contributed by atoms with Crippen LogP contribution in [-0.4, -0.2) is 24.3 Å². The summed E-state index contributed by atoms with van der Waals surface area (Å²) in [5.41, 5.74) is 0.775. The molecule has 2 aliphatic carbocycles. The van der Waals surface area contributed by atoms with Gasteiger partial charge in [0.1, 0.15) is 0 Å². The summed E-state index contributed by atoms with van der Waals surface area (Å²) >= 11 is 0. The second-order valence-electron chi connectivity index (χ2n) is 7.61. The summed E-state index contributed by atoms with van der Waals surface area (Å²) in [5.74, 6) is 0.697. The molecule has 1 N–H and O–H groups in total. The van der Waals surface area contributed by atoms with Crippen LogP contribution in [0.25, 0.3) is 0 Å². The predicted molar refractivity (Wildman–Crippen MR) is 70.1 cm³/mol. The number of hydrogen-bond acceptors (Lipinski definition) is 2. The fraction of sp³-hybridized carbons (Fsp3) is 1.00. The third-order valence-corrected chi connectivity index (χ3v) is 5.34. The maximum absolute atomic E-state index is 6.77. The molecule has 0 radical (unpaired) electrons. The van der Waals surface area contributed by atoms with Crippen molar-refractivity contribution in [1.82, 2.24) is 5.32 Å². The van der Waals surface area contributed by atoms with E-state index in [-0.39, 0.29) is 11.2 Å². The molecule has 3 fully saturated rings. The van der Waals surface area contributed by atoms with Crippen molar-refractivity contribution in [3.8, 4) is 0 Å². The highest BCUT2D eigenvalue weighted by molar-refractivity contribution is 5.07. The molecule has 2 atom stereocenters. The van der Waals surface area contributed by atoms with Crippen LogP contribution in [0.3, 0.4) is 0 Å². The van der Waals surface area contributed by atoms with E-state index in [1.807, 2.05) is 0 Å². The molecule has 1 aliphatic heterocycles. The van der Waals surface area contributed by atoms with Crippen LogP contribution in [0.1, 0.15) is 59.3 Å². The van der Waals surface area contributed by atoms with Crippen LogP contribution in [0.2, 0.25) is 0 Å². The molecule has 3 aliphatic rings. The number of morpholine rings is 1. The van der Waals surface area contributed by atoms with Crippen LogP contribution >= 0.6 is 0 Å². The molecule has 2 nitrogen and oxygen atoms in total. The second kappa shape index (κ2) is 3.71. The first-order valence-electron chi connectivity index (χ1n) is 7.36. The Labute approximate surface area is 105 Å². The molecule has 0 aromatic carbocycles. The molecule has 0 aromatic heterocycles. The summed E-state index contributed by atoms with van der Waals surface area (Å²) < 4.78 is 6.77. The highest BCUT2D eigenvalue weighted by Crippen LogP contribution is 2.53. The van der Waals surface area contributed by atoms with E-state index in [0.29, 0.717) is 11.3 Å². The van der Waals surface area contributed by atoms with E-state index in [1.165, 1.54) is 38.5 Å². The van der Waals surface area contributed by atoms with Gasteiger partial charge in [-0.25, -0.2) is 0 Å². The molecule has 0 aromatic rings. The van der Waals surface area contributed by atoms with Crippen LogP contribution in [0.5, 0.6) is 0 Å². The van der Waals surface area contributed by atoms with Crippen molar-refractivity contribution < 1.29 is 4.74 Å². The van der Waals surface area contributed by atoms with Gasteiger partial charge in [0.05, 0.1) is 11.2 Å². The number of ether oxygens (including phenoxy) is 1. The second-order valence-corrected chi connectivity index (χ2v) is 7.61. The SMILES string of the molecule is CC1CC(C)(C)CC12CNCC1(CCCC1)O2. The third-order valence-electron chi connectivity index (χ3n) is 5.34. The first-order valence-corrected chi connectivity index (χ1v) is 7.36. The first kappa shape index (κ1) is 12.0. The largest absolute Gasteiger partial charge is 0.366 e. The topological polar surface area (TPSA) is 21.3 Å². The van der Waals surface area contributed by atoms with Crippen LogP contribution in [0.4, 0.5) is 0 Å². The summed E-state index contributed by atoms with van der Waals surface area (Å²) in [6.07, 6.45) is 7.80. The maximum Gasteiger partial charge on any atom is 0.0845 e. The lowest BCUT2D eigenvalue weighted by Gasteiger charge is -2.48. The van der Waals surface area contributed by atoms with Crippen molar-refractivity contribution in [2.45, 2.75) is 70.5 Å². The fourth-order valence-electron chi connectivity index (χ4n) is 4.75. The molecule has 3 rings (SSSR count). The van der Waals surface area contributed by atoms with E-state index in [2.05, 4.69) is 26.1 Å². The van der Waals surface area contributed by atoms with Gasteiger partial charge in [0.15, 0.2) is 0 Å². The Hall–Kier alpha value is -0.0800. The van der Waals surface area contributed by atoms with E-state index in [1.54, 1.807) is 0 Å². The standard InChI is InChI=1S/C15H27NO/c1-12-8-13(2,3)9-15(12)11-16-10-14(17-15)6-4-5-7-14/h12,16H,4-11H2,1-3H3. The van der Waals surface area contributed by atoms with Crippen LogP contribution in [0, 0.1) is 11.3 Å². The van der Waals surface area contributed by atoms with Gasteiger partial charge in [-0.15, -0.1) is 0 Å². The van der Waals surface area contributed by atoms with E-state index in [9.17, 15) is 0 Å². The molecule has 2 spiro atoms. The van der Waals surface area contributed by atoms with Crippen molar-refractivity contribution in [2.75, 3.05) is 13.1 Å². The zero-order valence-corrected chi connectivity index (χ0v) is 11.6. The molecule has 98 valence electrons. The van der Waals surface area contributed by atoms with Gasteiger partial charge in [-0.2, -0.15) is 0 Å². The van der Waals surface area contributed by atoms with E-state index < -0.39 is 0 Å². The summed E-state index contributed by atoms with van der Waals surface area (Å²) in [6, 6.07) is 0. The molecule has 1 saturated heterocycles. The number of hydrogen-bond donors (Lipinski definition) is 1. The lowest BCUT2D eigenvalue weighted by Crippen LogP contribution is -2.60. The number of nitrogens with one attached hydrogen (secondary N) is 1. The van der Waals surface area contributed by atoms with Crippen molar-refractivity contribution in [1.29, 1.82) is 0 Å². The van der Waals surface area contributed by atoms with Crippen LogP contribution in [-0.2, 0) is 4.74 Å². The Morgan fingerprint density at radius 2 is 1.82 bits per heavy atom. The maximum atomic E-state index is 6.77. The van der Waals surface area contributed by atoms with E-state index in [4.69, 9.17) is 4.74 Å². The highest BCUT2D eigenvalue weighted by atomic mass is 16.5. The Balaban J connectivity index is 1.83. The molecular formula is C15H27NO. The molecule has 2 unspecified atom stereocenters. The van der Waals surface area contributed by atoms with Gasteiger partial charge in [0.2, 0.25) is 0 Å². The predicted octanol–water partition coefficient (Wildman–Crippen LogP) is 3.11. The monoisotopic (exact) mass is 237 g/mol. The van der Waals surface area contributed by atoms with Crippen molar-refractivity contribution >= 4 is 0 Å². The minimum Gasteiger partial charge on any atom is -0.366 e. The zero-order valence-electron chi connectivity index (χ0n) is 11.6. The highest BCUT2D eigenvalue weighted by Gasteiger charge is 2.55. The molecule has 2 saturated carbocycles. The number of rotatable bonds is 0. The zero-order chi connectivity index (χ0) is 12.1. The molecule has 2 heteroatoms. The van der Waals surface area contributed by atoms with Gasteiger partial charge in [0, 0.05) is 13.1 Å². The van der Waals surface area contributed by atoms with Crippen LogP contribution < -0.4 is 5.32 Å². The summed E-state index contributed by atoms with van der Waals surface area (Å²) in [5, 5.41) is 3.69. The van der Waals surface area contributed by atoms with Gasteiger partial charge in [0.25, 0.3) is 0 Å². The lowest BCUT2D eigenvalue weighted by molar-refractivity contribution is -0.190. The normalized spacial score (nSPS) is 43.6. The van der Waals surface area contributed by atoms with Gasteiger partial charge in [-0.05, 0) is 37.0 Å². The van der Waals surface area contributed by atoms with E-state index >= 15 is 0 Å². The Bertz CT molecular complexity index is 306. The van der Waals surface area contributed by atoms with Gasteiger partial charge in [-0.1, -0.05) is 33.6 Å². The molecule has 17 heavy (non-hydrogen) atoms. The average Bonchev–Trinajstić information content (AvgIpc) is 2.71. The van der Waals surface area contributed by atoms with Gasteiger partial charge < -0.3 is 10.1 Å². The summed E-state index contributed by atoms with van der Waals surface area (Å²) in [7, 11) is 0. The van der Waals surface area contributed by atoms with Gasteiger partial charge in [-0.3, -0.25) is 0 Å². The Kier molecular flexibility index (Phi) is 2.61. The first-order chi connectivity index (χ1) is 7.96. The smallest absolute Gasteiger partial charge is 0.0845 e. The molecule has 0 bridgehead atoms. The van der Waals surface area contributed by atoms with Crippen molar-refractivity contribution in [3.63, 3.8) is 0 Å². The average molecular weight is 237 g/mol. The van der Waals surface area contributed by atoms with Crippen LogP contribution in [0.15, 0.2) is 0 Å². The minimum atomic E-state index is 0.131. The molecule has 1 heterocycles. The summed E-state index contributed by atoms with van der Waals surface area (Å²) in [6.45, 7) is 9.35. The molecule has 0 amide bonds. The van der Waals surface area contributed by atoms with Gasteiger partial charge >= 0.3 is 0 Å². The fourth-order valence-corrected chi connectivity index (χ4v) is 4.75. The van der Waals surface area contributed by atoms with Crippen molar-refractivity contribution in [2.24, 2.45) is 11.3 Å². The minimum absolute atomic E-state index is 0.131. The summed E-state index contributed by atoms with van der Waals surface area (Å²) in [4.78, 5) is 0.